The second-order valence-corrected chi connectivity index (χ2v) is 3.58. The molecule has 1 rings (SSSR count). The highest BCUT2D eigenvalue weighted by molar-refractivity contribution is 5.93. The smallest absolute Gasteiger partial charge is 0.323 e. The van der Waals surface area contributed by atoms with Gasteiger partial charge in [-0.05, 0) is 24.3 Å². The Labute approximate surface area is 107 Å². The largest absolute Gasteiger partial charge is 0.480 e. The summed E-state index contributed by atoms with van der Waals surface area (Å²) in [7, 11) is 0. The van der Waals surface area contributed by atoms with Crippen LogP contribution in [0.5, 0.6) is 0 Å². The lowest BCUT2D eigenvalue weighted by Gasteiger charge is -2.19. The third-order valence-corrected chi connectivity index (χ3v) is 2.03. The predicted molar refractivity (Wildman–Crippen MR) is 62.3 cm³/mol. The number of hydrogen-bond donors (Lipinski definition) is 3. The molecule has 1 aromatic rings. The van der Waals surface area contributed by atoms with Crippen molar-refractivity contribution in [3.05, 3.63) is 30.1 Å². The number of benzene rings is 1. The first-order valence-electron chi connectivity index (χ1n) is 5.13. The summed E-state index contributed by atoms with van der Waals surface area (Å²) in [6.07, 6.45) is 0. The van der Waals surface area contributed by atoms with E-state index in [1.165, 1.54) is 12.1 Å². The fourth-order valence-corrected chi connectivity index (χ4v) is 1.26. The van der Waals surface area contributed by atoms with Gasteiger partial charge in [0, 0.05) is 5.69 Å². The van der Waals surface area contributed by atoms with Crippen molar-refractivity contribution in [3.8, 4) is 0 Å². The number of aliphatic carboxylic acids is 2. The molecular formula is C11H11FN2O5. The molecule has 0 bridgehead atoms. The number of hydrogen-bond acceptors (Lipinski definition) is 3. The number of amides is 2. The average molecular weight is 270 g/mol. The second-order valence-electron chi connectivity index (χ2n) is 3.58. The highest BCUT2D eigenvalue weighted by Gasteiger charge is 2.19. The van der Waals surface area contributed by atoms with Crippen LogP contribution >= 0.6 is 0 Å². The van der Waals surface area contributed by atoms with Gasteiger partial charge >= 0.3 is 18.0 Å². The van der Waals surface area contributed by atoms with Crippen LogP contribution in [0.1, 0.15) is 0 Å². The van der Waals surface area contributed by atoms with E-state index in [4.69, 9.17) is 10.2 Å². The Bertz CT molecular complexity index is 472. The van der Waals surface area contributed by atoms with Crippen LogP contribution in [0, 0.1) is 5.82 Å². The zero-order chi connectivity index (χ0) is 14.4. The monoisotopic (exact) mass is 270 g/mol. The van der Waals surface area contributed by atoms with Crippen molar-refractivity contribution in [2.45, 2.75) is 0 Å². The molecule has 0 aliphatic carbocycles. The normalized spacial score (nSPS) is 9.74. The summed E-state index contributed by atoms with van der Waals surface area (Å²) in [6, 6.07) is 3.86. The first-order chi connectivity index (χ1) is 8.88. The van der Waals surface area contributed by atoms with Gasteiger partial charge in [-0.25, -0.2) is 9.18 Å². The van der Waals surface area contributed by atoms with Gasteiger partial charge in [0.25, 0.3) is 0 Å². The van der Waals surface area contributed by atoms with Crippen LogP contribution in [0.15, 0.2) is 24.3 Å². The molecule has 7 nitrogen and oxygen atoms in total. The van der Waals surface area contributed by atoms with Crippen molar-refractivity contribution < 1.29 is 29.0 Å². The van der Waals surface area contributed by atoms with Crippen molar-refractivity contribution in [1.82, 2.24) is 4.90 Å². The van der Waals surface area contributed by atoms with E-state index < -0.39 is 36.9 Å². The summed E-state index contributed by atoms with van der Waals surface area (Å²) in [6.45, 7) is -1.50. The van der Waals surface area contributed by atoms with E-state index in [1.54, 1.807) is 0 Å². The van der Waals surface area contributed by atoms with Crippen LogP contribution in [-0.4, -0.2) is 46.2 Å². The zero-order valence-electron chi connectivity index (χ0n) is 9.67. The van der Waals surface area contributed by atoms with E-state index in [1.807, 2.05) is 0 Å². The second kappa shape index (κ2) is 6.34. The van der Waals surface area contributed by atoms with Gasteiger partial charge in [-0.3, -0.25) is 9.59 Å². The summed E-state index contributed by atoms with van der Waals surface area (Å²) in [4.78, 5) is 33.3. The maximum Gasteiger partial charge on any atom is 0.323 e. The molecular weight excluding hydrogens is 259 g/mol. The number of carbonyl (C=O) groups excluding carboxylic acids is 1. The van der Waals surface area contributed by atoms with Crippen LogP contribution in [0.4, 0.5) is 14.9 Å². The first-order valence-corrected chi connectivity index (χ1v) is 5.13. The Kier molecular flexibility index (Phi) is 4.81. The molecule has 0 unspecified atom stereocenters. The Hall–Kier alpha value is -2.64. The summed E-state index contributed by atoms with van der Waals surface area (Å²) < 4.78 is 12.6. The van der Waals surface area contributed by atoms with Gasteiger partial charge in [-0.1, -0.05) is 0 Å². The molecule has 2 amide bonds. The average Bonchev–Trinajstić information content (AvgIpc) is 2.30. The number of carbonyl (C=O) groups is 3. The van der Waals surface area contributed by atoms with Crippen molar-refractivity contribution in [2.75, 3.05) is 18.4 Å². The fourth-order valence-electron chi connectivity index (χ4n) is 1.26. The number of nitrogens with one attached hydrogen (secondary N) is 1. The lowest BCUT2D eigenvalue weighted by atomic mass is 10.3. The van der Waals surface area contributed by atoms with Crippen molar-refractivity contribution in [1.29, 1.82) is 0 Å². The van der Waals surface area contributed by atoms with E-state index in [0.717, 1.165) is 12.1 Å². The molecule has 0 spiro atoms. The minimum atomic E-state index is -1.34. The molecule has 0 fully saturated rings. The Morgan fingerprint density at radius 3 is 1.95 bits per heavy atom. The molecule has 0 saturated heterocycles. The van der Waals surface area contributed by atoms with Crippen molar-refractivity contribution in [3.63, 3.8) is 0 Å². The van der Waals surface area contributed by atoms with Crippen molar-refractivity contribution in [2.24, 2.45) is 0 Å². The molecule has 0 aliphatic rings. The van der Waals surface area contributed by atoms with Gasteiger partial charge in [0.15, 0.2) is 0 Å². The van der Waals surface area contributed by atoms with Gasteiger partial charge in [-0.2, -0.15) is 0 Å². The zero-order valence-corrected chi connectivity index (χ0v) is 9.67. The highest BCUT2D eigenvalue weighted by atomic mass is 19.1. The third-order valence-electron chi connectivity index (χ3n) is 2.03. The van der Waals surface area contributed by atoms with E-state index >= 15 is 0 Å². The number of carboxylic acids is 2. The van der Waals surface area contributed by atoms with Crippen LogP contribution in [0.25, 0.3) is 0 Å². The first kappa shape index (κ1) is 14.4. The number of urea groups is 1. The van der Waals surface area contributed by atoms with Crippen LogP contribution in [-0.2, 0) is 9.59 Å². The maximum absolute atomic E-state index is 12.6. The summed E-state index contributed by atoms with van der Waals surface area (Å²) >= 11 is 0. The van der Waals surface area contributed by atoms with Gasteiger partial charge in [-0.15, -0.1) is 0 Å². The third kappa shape index (κ3) is 5.02. The Morgan fingerprint density at radius 2 is 1.53 bits per heavy atom. The number of rotatable bonds is 5. The van der Waals surface area contributed by atoms with Crippen LogP contribution in [0.2, 0.25) is 0 Å². The molecule has 102 valence electrons. The minimum Gasteiger partial charge on any atom is -0.480 e. The number of anilines is 1. The molecule has 0 saturated carbocycles. The van der Waals surface area contributed by atoms with Gasteiger partial charge in [0.2, 0.25) is 0 Å². The lowest BCUT2D eigenvalue weighted by molar-refractivity contribution is -0.140. The standard InChI is InChI=1S/C11H11FN2O5/c12-7-1-3-8(4-2-7)13-11(19)14(5-9(15)16)6-10(17)18/h1-4H,5-6H2,(H,13,19)(H,15,16)(H,17,18). The topological polar surface area (TPSA) is 107 Å². The lowest BCUT2D eigenvalue weighted by Crippen LogP contribution is -2.41. The molecule has 0 atom stereocenters. The molecule has 0 aromatic heterocycles. The summed E-state index contributed by atoms with van der Waals surface area (Å²) in [5.74, 6) is -3.17. The molecule has 0 heterocycles. The molecule has 1 aromatic carbocycles. The highest BCUT2D eigenvalue weighted by Crippen LogP contribution is 2.09. The summed E-state index contributed by atoms with van der Waals surface area (Å²) in [5.41, 5.74) is 0.229. The molecule has 0 aliphatic heterocycles. The van der Waals surface area contributed by atoms with E-state index in [2.05, 4.69) is 5.32 Å². The fraction of sp³-hybridized carbons (Fsp3) is 0.182. The number of halogens is 1. The van der Waals surface area contributed by atoms with Gasteiger partial charge in [0.1, 0.15) is 18.9 Å². The molecule has 8 heteroatoms. The van der Waals surface area contributed by atoms with Gasteiger partial charge in [0.05, 0.1) is 0 Å². The Morgan fingerprint density at radius 1 is 1.05 bits per heavy atom. The number of nitrogens with zero attached hydrogens (tertiary/aromatic N) is 1. The predicted octanol–water partition coefficient (Wildman–Crippen LogP) is 0.829. The maximum atomic E-state index is 12.6. The SMILES string of the molecule is O=C(O)CN(CC(=O)O)C(=O)Nc1ccc(F)cc1. The number of carboxylic acid groups (broad SMARTS) is 2. The minimum absolute atomic E-state index is 0.229. The van der Waals surface area contributed by atoms with E-state index in [9.17, 15) is 18.8 Å². The quantitative estimate of drug-likeness (QED) is 0.734. The summed E-state index contributed by atoms with van der Waals surface area (Å²) in [5, 5.41) is 19.4. The van der Waals surface area contributed by atoms with E-state index in [0.29, 0.717) is 4.90 Å². The van der Waals surface area contributed by atoms with Gasteiger partial charge < -0.3 is 20.4 Å². The molecule has 19 heavy (non-hydrogen) atoms. The van der Waals surface area contributed by atoms with E-state index in [-0.39, 0.29) is 5.69 Å². The molecule has 0 radical (unpaired) electrons. The van der Waals surface area contributed by atoms with Crippen LogP contribution in [0.3, 0.4) is 0 Å². The molecule has 3 N–H and O–H groups in total. The Balaban J connectivity index is 2.73. The van der Waals surface area contributed by atoms with Crippen molar-refractivity contribution >= 4 is 23.7 Å². The van der Waals surface area contributed by atoms with Crippen LogP contribution < -0.4 is 5.32 Å².